The standard InChI is InChI=1S/C24H31FN6O/c1-2-26-24(29-20-10-13-31(17-20)23-21(25)8-4-11-27-23)28-15-18-6-3-7-19(14-18)16-30-12-5-9-22(30)32/h3-4,6-8,11,14,20H,2,5,9-10,12-13,15-17H2,1H3,(H2,26,28,29). The lowest BCUT2D eigenvalue weighted by Gasteiger charge is -2.20. The van der Waals surface area contributed by atoms with Gasteiger partial charge in [0.05, 0.1) is 6.54 Å². The first kappa shape index (κ1) is 22.0. The second kappa shape index (κ2) is 10.4. The van der Waals surface area contributed by atoms with Crippen LogP contribution < -0.4 is 15.5 Å². The number of hydrogen-bond acceptors (Lipinski definition) is 4. The first-order chi connectivity index (χ1) is 15.6. The van der Waals surface area contributed by atoms with Crippen molar-refractivity contribution in [1.82, 2.24) is 20.5 Å². The summed E-state index contributed by atoms with van der Waals surface area (Å²) in [5.41, 5.74) is 2.24. The van der Waals surface area contributed by atoms with Crippen LogP contribution in [-0.2, 0) is 17.9 Å². The van der Waals surface area contributed by atoms with Crippen molar-refractivity contribution in [3.8, 4) is 0 Å². The van der Waals surface area contributed by atoms with Gasteiger partial charge in [0.15, 0.2) is 17.6 Å². The number of amides is 1. The lowest BCUT2D eigenvalue weighted by Crippen LogP contribution is -2.44. The summed E-state index contributed by atoms with van der Waals surface area (Å²) in [6, 6.07) is 11.5. The summed E-state index contributed by atoms with van der Waals surface area (Å²) in [5, 5.41) is 6.78. The fourth-order valence-electron chi connectivity index (χ4n) is 4.28. The van der Waals surface area contributed by atoms with Gasteiger partial charge < -0.3 is 20.4 Å². The third-order valence-corrected chi connectivity index (χ3v) is 5.87. The number of benzene rings is 1. The first-order valence-electron chi connectivity index (χ1n) is 11.4. The molecule has 170 valence electrons. The number of aromatic nitrogens is 1. The topological polar surface area (TPSA) is 72.9 Å². The summed E-state index contributed by atoms with van der Waals surface area (Å²) in [7, 11) is 0. The molecule has 2 aromatic rings. The van der Waals surface area contributed by atoms with Gasteiger partial charge in [-0.3, -0.25) is 4.79 Å². The van der Waals surface area contributed by atoms with E-state index in [-0.39, 0.29) is 17.8 Å². The van der Waals surface area contributed by atoms with Crippen molar-refractivity contribution < 1.29 is 9.18 Å². The van der Waals surface area contributed by atoms with Crippen LogP contribution in [0.1, 0.15) is 37.3 Å². The maximum atomic E-state index is 14.1. The number of aliphatic imine (C=N–C) groups is 1. The van der Waals surface area contributed by atoms with E-state index in [1.807, 2.05) is 22.8 Å². The van der Waals surface area contributed by atoms with Gasteiger partial charge in [-0.05, 0) is 43.0 Å². The second-order valence-corrected chi connectivity index (χ2v) is 8.32. The molecule has 7 nitrogen and oxygen atoms in total. The van der Waals surface area contributed by atoms with Crippen LogP contribution in [0.4, 0.5) is 10.2 Å². The molecule has 0 radical (unpaired) electrons. The van der Waals surface area contributed by atoms with E-state index in [4.69, 9.17) is 4.99 Å². The molecule has 1 atom stereocenters. The molecule has 2 aliphatic heterocycles. The quantitative estimate of drug-likeness (QED) is 0.514. The molecule has 1 amide bonds. The molecule has 32 heavy (non-hydrogen) atoms. The lowest BCUT2D eigenvalue weighted by atomic mass is 10.1. The summed E-state index contributed by atoms with van der Waals surface area (Å²) in [4.78, 5) is 24.7. The van der Waals surface area contributed by atoms with Crippen molar-refractivity contribution in [3.05, 3.63) is 59.5 Å². The van der Waals surface area contributed by atoms with E-state index in [9.17, 15) is 9.18 Å². The molecular weight excluding hydrogens is 407 g/mol. The normalized spacial score (nSPS) is 19.0. The number of pyridine rings is 1. The number of carbonyl (C=O) groups is 1. The Morgan fingerprint density at radius 1 is 1.25 bits per heavy atom. The molecule has 0 saturated carbocycles. The maximum absolute atomic E-state index is 14.1. The molecule has 3 heterocycles. The van der Waals surface area contributed by atoms with Crippen molar-refractivity contribution in [2.24, 2.45) is 4.99 Å². The Balaban J connectivity index is 1.36. The predicted octanol–water partition coefficient (Wildman–Crippen LogP) is 2.68. The Bertz CT molecular complexity index is 965. The molecular formula is C24H31FN6O. The van der Waals surface area contributed by atoms with Crippen molar-refractivity contribution >= 4 is 17.7 Å². The van der Waals surface area contributed by atoms with Crippen molar-refractivity contribution in [2.45, 2.75) is 45.3 Å². The van der Waals surface area contributed by atoms with Gasteiger partial charge in [0.2, 0.25) is 5.91 Å². The largest absolute Gasteiger partial charge is 0.357 e. The van der Waals surface area contributed by atoms with Gasteiger partial charge in [0.1, 0.15) is 0 Å². The minimum absolute atomic E-state index is 0.168. The third kappa shape index (κ3) is 5.55. The van der Waals surface area contributed by atoms with Crippen LogP contribution in [0.15, 0.2) is 47.6 Å². The molecule has 2 aliphatic rings. The number of likely N-dealkylation sites (tertiary alicyclic amines) is 1. The third-order valence-electron chi connectivity index (χ3n) is 5.87. The summed E-state index contributed by atoms with van der Waals surface area (Å²) in [6.07, 6.45) is 4.12. The van der Waals surface area contributed by atoms with Crippen molar-refractivity contribution in [1.29, 1.82) is 0 Å². The Labute approximate surface area is 188 Å². The van der Waals surface area contributed by atoms with Crippen LogP contribution in [0, 0.1) is 5.82 Å². The average Bonchev–Trinajstić information content (AvgIpc) is 3.42. The molecule has 1 aromatic carbocycles. The molecule has 2 N–H and O–H groups in total. The van der Waals surface area contributed by atoms with Gasteiger partial charge in [-0.25, -0.2) is 14.4 Å². The molecule has 1 aromatic heterocycles. The molecule has 0 aliphatic carbocycles. The minimum Gasteiger partial charge on any atom is -0.357 e. The van der Waals surface area contributed by atoms with Crippen molar-refractivity contribution in [2.75, 3.05) is 31.1 Å². The zero-order chi connectivity index (χ0) is 22.3. The summed E-state index contributed by atoms with van der Waals surface area (Å²) >= 11 is 0. The van der Waals surface area contributed by atoms with Crippen LogP contribution in [0.2, 0.25) is 0 Å². The fraction of sp³-hybridized carbons (Fsp3) is 0.458. The minimum atomic E-state index is -0.288. The zero-order valence-electron chi connectivity index (χ0n) is 18.6. The van der Waals surface area contributed by atoms with E-state index in [0.717, 1.165) is 49.6 Å². The van der Waals surface area contributed by atoms with Crippen LogP contribution in [0.25, 0.3) is 0 Å². The van der Waals surface area contributed by atoms with E-state index in [2.05, 4.69) is 33.8 Å². The van der Waals surface area contributed by atoms with Gasteiger partial charge in [-0.2, -0.15) is 0 Å². The molecule has 8 heteroatoms. The molecule has 4 rings (SSSR count). The zero-order valence-corrected chi connectivity index (χ0v) is 18.6. The number of anilines is 1. The van der Waals surface area contributed by atoms with E-state index < -0.39 is 0 Å². The Morgan fingerprint density at radius 3 is 2.91 bits per heavy atom. The van der Waals surface area contributed by atoms with Crippen LogP contribution in [-0.4, -0.2) is 54.0 Å². The number of nitrogens with one attached hydrogen (secondary N) is 2. The fourth-order valence-corrected chi connectivity index (χ4v) is 4.28. The van der Waals surface area contributed by atoms with E-state index in [1.54, 1.807) is 12.3 Å². The highest BCUT2D eigenvalue weighted by atomic mass is 19.1. The van der Waals surface area contributed by atoms with Crippen LogP contribution in [0.3, 0.4) is 0 Å². The summed E-state index contributed by atoms with van der Waals surface area (Å²) in [6.45, 7) is 6.28. The van der Waals surface area contributed by atoms with Crippen molar-refractivity contribution in [3.63, 3.8) is 0 Å². The SMILES string of the molecule is CCNC(=NCc1cccc(CN2CCCC2=O)c1)NC1CCN(c2ncccc2F)C1. The van der Waals surface area contributed by atoms with E-state index >= 15 is 0 Å². The van der Waals surface area contributed by atoms with E-state index in [1.165, 1.54) is 6.07 Å². The molecule has 0 bridgehead atoms. The number of guanidine groups is 1. The number of rotatable bonds is 7. The van der Waals surface area contributed by atoms with E-state index in [0.29, 0.717) is 31.9 Å². The molecule has 2 fully saturated rings. The monoisotopic (exact) mass is 438 g/mol. The Hall–Kier alpha value is -3.16. The number of hydrogen-bond donors (Lipinski definition) is 2. The molecule has 2 saturated heterocycles. The smallest absolute Gasteiger partial charge is 0.222 e. The number of nitrogens with zero attached hydrogens (tertiary/aromatic N) is 4. The predicted molar refractivity (Wildman–Crippen MR) is 124 cm³/mol. The highest BCUT2D eigenvalue weighted by Gasteiger charge is 2.26. The van der Waals surface area contributed by atoms with Gasteiger partial charge in [-0.15, -0.1) is 0 Å². The Kier molecular flexibility index (Phi) is 7.19. The highest BCUT2D eigenvalue weighted by Crippen LogP contribution is 2.21. The highest BCUT2D eigenvalue weighted by molar-refractivity contribution is 5.80. The second-order valence-electron chi connectivity index (χ2n) is 8.32. The van der Waals surface area contributed by atoms with Gasteiger partial charge >= 0.3 is 0 Å². The first-order valence-corrected chi connectivity index (χ1v) is 11.4. The maximum Gasteiger partial charge on any atom is 0.222 e. The van der Waals surface area contributed by atoms with Gasteiger partial charge in [-0.1, -0.05) is 24.3 Å². The van der Waals surface area contributed by atoms with Gasteiger partial charge in [0.25, 0.3) is 0 Å². The Morgan fingerprint density at radius 2 is 2.12 bits per heavy atom. The van der Waals surface area contributed by atoms with Crippen LogP contribution in [0.5, 0.6) is 0 Å². The summed E-state index contributed by atoms with van der Waals surface area (Å²) in [5.74, 6) is 1.11. The molecule has 1 unspecified atom stereocenters. The summed E-state index contributed by atoms with van der Waals surface area (Å²) < 4.78 is 14.1. The molecule has 0 spiro atoms. The lowest BCUT2D eigenvalue weighted by molar-refractivity contribution is -0.128. The average molecular weight is 439 g/mol. The van der Waals surface area contributed by atoms with Crippen LogP contribution >= 0.6 is 0 Å². The number of halogens is 1. The number of carbonyl (C=O) groups excluding carboxylic acids is 1. The van der Waals surface area contributed by atoms with Gasteiger partial charge in [0, 0.05) is 51.4 Å².